The third kappa shape index (κ3) is 5.08. The average molecular weight is 343 g/mol. The summed E-state index contributed by atoms with van der Waals surface area (Å²) in [4.78, 5) is 3.01. The number of aliphatic hydroxyl groups is 1. The highest BCUT2D eigenvalue weighted by Crippen LogP contribution is 2.31. The van der Waals surface area contributed by atoms with Crippen molar-refractivity contribution in [2.24, 2.45) is 0 Å². The van der Waals surface area contributed by atoms with Gasteiger partial charge in [-0.15, -0.1) is 0 Å². The second-order valence-electron chi connectivity index (χ2n) is 3.87. The monoisotopic (exact) mass is 342 g/mol. The van der Waals surface area contributed by atoms with E-state index >= 15 is 0 Å². The van der Waals surface area contributed by atoms with Crippen LogP contribution in [0, 0.1) is 0 Å². The number of rotatable bonds is 5. The Kier molecular flexibility index (Phi) is 6.33. The first kappa shape index (κ1) is 15.8. The van der Waals surface area contributed by atoms with Gasteiger partial charge in [-0.1, -0.05) is 46.7 Å². The smallest absolute Gasteiger partial charge is 0.0749 e. The van der Waals surface area contributed by atoms with Gasteiger partial charge in [-0.3, -0.25) is 0 Å². The van der Waals surface area contributed by atoms with Gasteiger partial charge in [0, 0.05) is 24.7 Å². The molecule has 0 fully saturated rings. The molecule has 2 rings (SSSR count). The predicted molar refractivity (Wildman–Crippen MR) is 89.8 cm³/mol. The highest BCUT2D eigenvalue weighted by molar-refractivity contribution is 8.06. The fourth-order valence-electron chi connectivity index (χ4n) is 1.39. The van der Waals surface area contributed by atoms with Crippen LogP contribution in [0.3, 0.4) is 0 Å². The van der Waals surface area contributed by atoms with Crippen LogP contribution >= 0.6 is 46.7 Å². The Bertz CT molecular complexity index is 580. The van der Waals surface area contributed by atoms with Gasteiger partial charge in [0.2, 0.25) is 0 Å². The molecule has 1 N–H and O–H groups in total. The summed E-state index contributed by atoms with van der Waals surface area (Å²) in [5.41, 5.74) is 0. The molecule has 0 amide bonds. The summed E-state index contributed by atoms with van der Waals surface area (Å²) in [5, 5.41) is 12.8. The largest absolute Gasteiger partial charge is 0.391 e. The summed E-state index contributed by atoms with van der Waals surface area (Å²) >= 11 is 14.8. The number of benzene rings is 2. The number of aliphatic hydroxyl groups excluding tert-OH is 1. The molecule has 0 atom stereocenters. The van der Waals surface area contributed by atoms with E-state index in [0.717, 1.165) is 19.7 Å². The van der Waals surface area contributed by atoms with Crippen LogP contribution in [0.15, 0.2) is 68.6 Å². The third-order valence-corrected chi connectivity index (χ3v) is 4.98. The maximum Gasteiger partial charge on any atom is 0.0749 e. The molecule has 0 aliphatic heterocycles. The molecule has 0 radical (unpaired) electrons. The highest BCUT2D eigenvalue weighted by Gasteiger charge is 2.01. The van der Waals surface area contributed by atoms with Gasteiger partial charge in [0.25, 0.3) is 0 Å². The Morgan fingerprint density at radius 1 is 0.900 bits per heavy atom. The molecule has 0 bridgehead atoms. The second kappa shape index (κ2) is 8.01. The topological polar surface area (TPSA) is 20.2 Å². The zero-order valence-corrected chi connectivity index (χ0v) is 13.6. The van der Waals surface area contributed by atoms with Crippen molar-refractivity contribution in [3.8, 4) is 0 Å². The first-order valence-corrected chi connectivity index (χ1v) is 8.28. The number of hydrogen-bond acceptors (Lipinski definition) is 3. The van der Waals surface area contributed by atoms with Crippen molar-refractivity contribution < 1.29 is 5.11 Å². The van der Waals surface area contributed by atoms with E-state index < -0.39 is 0 Å². The van der Waals surface area contributed by atoms with Crippen LogP contribution in [-0.4, -0.2) is 11.7 Å². The van der Waals surface area contributed by atoms with E-state index in [-0.39, 0.29) is 6.61 Å². The molecule has 5 heteroatoms. The quantitative estimate of drug-likeness (QED) is 0.702. The number of halogens is 2. The summed E-state index contributed by atoms with van der Waals surface area (Å²) in [7, 11) is 0. The molecule has 1 nitrogen and oxygen atoms in total. The fourth-order valence-corrected chi connectivity index (χ4v) is 3.26. The maximum atomic E-state index is 9.41. The second-order valence-corrected chi connectivity index (χ2v) is 6.89. The van der Waals surface area contributed by atoms with Crippen molar-refractivity contribution in [1.29, 1.82) is 0 Å². The lowest BCUT2D eigenvalue weighted by Gasteiger charge is -2.04. The minimum atomic E-state index is 0.00782. The average Bonchev–Trinajstić information content (AvgIpc) is 2.47. The van der Waals surface area contributed by atoms with E-state index in [1.165, 1.54) is 11.8 Å². The molecule has 0 heterocycles. The lowest BCUT2D eigenvalue weighted by atomic mass is 10.4. The SMILES string of the molecule is OC/C(=C/Sc1ccc(Cl)cc1)Sc1ccc(Cl)cc1. The first-order chi connectivity index (χ1) is 9.67. The number of thioether (sulfide) groups is 2. The van der Waals surface area contributed by atoms with Crippen molar-refractivity contribution in [2.75, 3.05) is 6.61 Å². The summed E-state index contributed by atoms with van der Waals surface area (Å²) in [6.45, 7) is 0.00782. The Morgan fingerprint density at radius 2 is 1.40 bits per heavy atom. The normalized spacial score (nSPS) is 11.7. The van der Waals surface area contributed by atoms with Gasteiger partial charge in [-0.05, 0) is 53.9 Å². The molecule has 0 saturated carbocycles. The van der Waals surface area contributed by atoms with Crippen molar-refractivity contribution in [3.05, 3.63) is 68.9 Å². The molecule has 0 spiro atoms. The Morgan fingerprint density at radius 3 is 1.90 bits per heavy atom. The minimum absolute atomic E-state index is 0.00782. The molecule has 2 aromatic carbocycles. The van der Waals surface area contributed by atoms with Gasteiger partial charge in [0.1, 0.15) is 0 Å². The van der Waals surface area contributed by atoms with Crippen molar-refractivity contribution in [1.82, 2.24) is 0 Å². The van der Waals surface area contributed by atoms with Crippen LogP contribution in [0.25, 0.3) is 0 Å². The Labute approximate surface area is 137 Å². The third-order valence-electron chi connectivity index (χ3n) is 2.36. The van der Waals surface area contributed by atoms with E-state index in [0.29, 0.717) is 5.02 Å². The Hall–Kier alpha value is -0.580. The lowest BCUT2D eigenvalue weighted by Crippen LogP contribution is -1.84. The number of hydrogen-bond donors (Lipinski definition) is 1. The molecule has 0 aliphatic rings. The summed E-state index contributed by atoms with van der Waals surface area (Å²) in [6.07, 6.45) is 0. The molecular formula is C15H12Cl2OS2. The van der Waals surface area contributed by atoms with Crippen LogP contribution in [0.5, 0.6) is 0 Å². The Balaban J connectivity index is 2.02. The van der Waals surface area contributed by atoms with Crippen molar-refractivity contribution in [3.63, 3.8) is 0 Å². The fraction of sp³-hybridized carbons (Fsp3) is 0.0667. The van der Waals surface area contributed by atoms with Gasteiger partial charge in [0.15, 0.2) is 0 Å². The lowest BCUT2D eigenvalue weighted by molar-refractivity contribution is 0.340. The van der Waals surface area contributed by atoms with Crippen molar-refractivity contribution >= 4 is 46.7 Å². The van der Waals surface area contributed by atoms with Gasteiger partial charge in [-0.2, -0.15) is 0 Å². The maximum absolute atomic E-state index is 9.41. The molecule has 0 saturated heterocycles. The molecule has 104 valence electrons. The van der Waals surface area contributed by atoms with Crippen LogP contribution in [0.2, 0.25) is 10.0 Å². The van der Waals surface area contributed by atoms with E-state index in [2.05, 4.69) is 0 Å². The highest BCUT2D eigenvalue weighted by atomic mass is 35.5. The molecule has 0 unspecified atom stereocenters. The van der Waals surface area contributed by atoms with Crippen LogP contribution in [0.1, 0.15) is 0 Å². The summed E-state index contributed by atoms with van der Waals surface area (Å²) in [5.74, 6) is 0. The van der Waals surface area contributed by atoms with Crippen molar-refractivity contribution in [2.45, 2.75) is 9.79 Å². The van der Waals surface area contributed by atoms with Crippen LogP contribution in [0.4, 0.5) is 0 Å². The molecular weight excluding hydrogens is 331 g/mol. The predicted octanol–water partition coefficient (Wildman–Crippen LogP) is 5.71. The molecule has 0 aliphatic carbocycles. The van der Waals surface area contributed by atoms with E-state index in [9.17, 15) is 5.11 Å². The molecule has 2 aromatic rings. The van der Waals surface area contributed by atoms with Gasteiger partial charge >= 0.3 is 0 Å². The standard InChI is InChI=1S/C15H12Cl2OS2/c16-11-1-5-13(6-2-11)19-10-15(9-18)20-14-7-3-12(17)4-8-14/h1-8,10,18H,9H2/b15-10-. The van der Waals surface area contributed by atoms with Crippen LogP contribution < -0.4 is 0 Å². The van der Waals surface area contributed by atoms with Crippen LogP contribution in [-0.2, 0) is 0 Å². The summed E-state index contributed by atoms with van der Waals surface area (Å²) < 4.78 is 0. The van der Waals surface area contributed by atoms with Gasteiger partial charge in [0.05, 0.1) is 6.61 Å². The van der Waals surface area contributed by atoms with E-state index in [4.69, 9.17) is 23.2 Å². The molecule has 20 heavy (non-hydrogen) atoms. The van der Waals surface area contributed by atoms with Gasteiger partial charge in [-0.25, -0.2) is 0 Å². The van der Waals surface area contributed by atoms with E-state index in [1.807, 2.05) is 53.9 Å². The molecule has 0 aromatic heterocycles. The first-order valence-electron chi connectivity index (χ1n) is 5.83. The van der Waals surface area contributed by atoms with E-state index in [1.54, 1.807) is 11.8 Å². The minimum Gasteiger partial charge on any atom is -0.391 e. The summed E-state index contributed by atoms with van der Waals surface area (Å²) in [6, 6.07) is 15.1. The zero-order chi connectivity index (χ0) is 14.4. The van der Waals surface area contributed by atoms with Gasteiger partial charge < -0.3 is 5.11 Å². The zero-order valence-electron chi connectivity index (χ0n) is 10.4.